The summed E-state index contributed by atoms with van der Waals surface area (Å²) in [4.78, 5) is 2.50. The predicted molar refractivity (Wildman–Crippen MR) is 112 cm³/mol. The predicted octanol–water partition coefficient (Wildman–Crippen LogP) is 3.99. The SMILES string of the molecule is CCc1cc(C(CCc2ccc(OC)cc2)OC)ccc1N1CCNCC1. The largest absolute Gasteiger partial charge is 0.497 e. The molecule has 3 rings (SSSR count). The number of methoxy groups -OCH3 is 2. The lowest BCUT2D eigenvalue weighted by Gasteiger charge is -2.31. The summed E-state index contributed by atoms with van der Waals surface area (Å²) in [6, 6.07) is 15.2. The monoisotopic (exact) mass is 368 g/mol. The summed E-state index contributed by atoms with van der Waals surface area (Å²) in [5, 5.41) is 3.43. The van der Waals surface area contributed by atoms with Crippen molar-refractivity contribution >= 4 is 5.69 Å². The number of nitrogens with one attached hydrogen (secondary N) is 1. The number of rotatable bonds is 8. The van der Waals surface area contributed by atoms with E-state index in [4.69, 9.17) is 9.47 Å². The molecule has 1 fully saturated rings. The lowest BCUT2D eigenvalue weighted by molar-refractivity contribution is 0.0959. The van der Waals surface area contributed by atoms with Gasteiger partial charge in [-0.15, -0.1) is 0 Å². The Labute approximate surface area is 163 Å². The average Bonchev–Trinajstić information content (AvgIpc) is 2.75. The van der Waals surface area contributed by atoms with Crippen molar-refractivity contribution in [2.24, 2.45) is 0 Å². The highest BCUT2D eigenvalue weighted by atomic mass is 16.5. The Kier molecular flexibility index (Phi) is 7.13. The fourth-order valence-corrected chi connectivity index (χ4v) is 3.81. The summed E-state index contributed by atoms with van der Waals surface area (Å²) in [6.45, 7) is 6.53. The molecular weight excluding hydrogens is 336 g/mol. The third-order valence-corrected chi connectivity index (χ3v) is 5.45. The van der Waals surface area contributed by atoms with Crippen LogP contribution in [0.15, 0.2) is 42.5 Å². The molecule has 1 aliphatic heterocycles. The third kappa shape index (κ3) is 5.02. The van der Waals surface area contributed by atoms with Gasteiger partial charge >= 0.3 is 0 Å². The van der Waals surface area contributed by atoms with Crippen molar-refractivity contribution in [3.8, 4) is 5.75 Å². The van der Waals surface area contributed by atoms with Crippen LogP contribution in [-0.4, -0.2) is 40.4 Å². The molecule has 27 heavy (non-hydrogen) atoms. The van der Waals surface area contributed by atoms with Crippen LogP contribution < -0.4 is 15.0 Å². The summed E-state index contributed by atoms with van der Waals surface area (Å²) in [5.74, 6) is 0.901. The molecule has 1 unspecified atom stereocenters. The average molecular weight is 369 g/mol. The van der Waals surface area contributed by atoms with Crippen LogP contribution in [0.25, 0.3) is 0 Å². The number of ether oxygens (including phenoxy) is 2. The lowest BCUT2D eigenvalue weighted by Crippen LogP contribution is -2.43. The Morgan fingerprint density at radius 2 is 1.78 bits per heavy atom. The molecule has 0 bridgehead atoms. The molecule has 0 amide bonds. The number of nitrogens with zero attached hydrogens (tertiary/aromatic N) is 1. The van der Waals surface area contributed by atoms with Crippen molar-refractivity contribution in [2.75, 3.05) is 45.3 Å². The topological polar surface area (TPSA) is 33.7 Å². The molecule has 0 spiro atoms. The molecule has 146 valence electrons. The fraction of sp³-hybridized carbons (Fsp3) is 0.478. The summed E-state index contributed by atoms with van der Waals surface area (Å²) in [6.07, 6.45) is 3.12. The molecule has 1 atom stereocenters. The number of anilines is 1. The van der Waals surface area contributed by atoms with Gasteiger partial charge in [-0.3, -0.25) is 0 Å². The summed E-state index contributed by atoms with van der Waals surface area (Å²) < 4.78 is 11.1. The minimum Gasteiger partial charge on any atom is -0.497 e. The molecule has 2 aromatic carbocycles. The second-order valence-corrected chi connectivity index (χ2v) is 7.09. The number of piperazine rings is 1. The highest BCUT2D eigenvalue weighted by molar-refractivity contribution is 5.56. The van der Waals surface area contributed by atoms with Gasteiger partial charge in [-0.2, -0.15) is 0 Å². The maximum Gasteiger partial charge on any atom is 0.118 e. The smallest absolute Gasteiger partial charge is 0.118 e. The van der Waals surface area contributed by atoms with Crippen molar-refractivity contribution < 1.29 is 9.47 Å². The molecule has 0 aliphatic carbocycles. The molecule has 4 nitrogen and oxygen atoms in total. The number of hydrogen-bond acceptors (Lipinski definition) is 4. The van der Waals surface area contributed by atoms with E-state index in [1.807, 2.05) is 19.2 Å². The Bertz CT molecular complexity index is 709. The molecular formula is C23H32N2O2. The zero-order valence-corrected chi connectivity index (χ0v) is 16.8. The van der Waals surface area contributed by atoms with Crippen LogP contribution >= 0.6 is 0 Å². The van der Waals surface area contributed by atoms with Gasteiger partial charge < -0.3 is 19.7 Å². The first kappa shape index (κ1) is 19.7. The molecule has 1 N–H and O–H groups in total. The Morgan fingerprint density at radius 3 is 2.41 bits per heavy atom. The van der Waals surface area contributed by atoms with E-state index in [1.54, 1.807) is 7.11 Å². The Morgan fingerprint density at radius 1 is 1.04 bits per heavy atom. The molecule has 4 heteroatoms. The second-order valence-electron chi connectivity index (χ2n) is 7.09. The van der Waals surface area contributed by atoms with Gasteiger partial charge in [-0.05, 0) is 54.2 Å². The fourth-order valence-electron chi connectivity index (χ4n) is 3.81. The van der Waals surface area contributed by atoms with Crippen LogP contribution in [0.5, 0.6) is 5.75 Å². The summed E-state index contributed by atoms with van der Waals surface area (Å²) in [7, 11) is 3.51. The van der Waals surface area contributed by atoms with E-state index in [2.05, 4.69) is 47.5 Å². The molecule has 2 aromatic rings. The van der Waals surface area contributed by atoms with Crippen molar-refractivity contribution in [3.05, 3.63) is 59.2 Å². The van der Waals surface area contributed by atoms with Gasteiger partial charge in [0, 0.05) is 39.0 Å². The van der Waals surface area contributed by atoms with Gasteiger partial charge in [0.1, 0.15) is 5.75 Å². The highest BCUT2D eigenvalue weighted by Crippen LogP contribution is 2.29. The molecule has 0 radical (unpaired) electrons. The van der Waals surface area contributed by atoms with Crippen LogP contribution in [0.2, 0.25) is 0 Å². The first-order valence-electron chi connectivity index (χ1n) is 9.99. The van der Waals surface area contributed by atoms with Crippen molar-refractivity contribution in [1.82, 2.24) is 5.32 Å². The standard InChI is InChI=1S/C23H32N2O2/c1-4-19-17-20(8-11-22(19)25-15-13-24-14-16-25)23(27-3)12-7-18-5-9-21(26-2)10-6-18/h5-6,8-11,17,23-24H,4,7,12-16H2,1-3H3. The van der Waals surface area contributed by atoms with E-state index < -0.39 is 0 Å². The Balaban J connectivity index is 1.70. The van der Waals surface area contributed by atoms with E-state index in [9.17, 15) is 0 Å². The van der Waals surface area contributed by atoms with E-state index in [0.717, 1.165) is 51.2 Å². The minimum atomic E-state index is 0.120. The first-order valence-corrected chi connectivity index (χ1v) is 9.99. The molecule has 1 heterocycles. The van der Waals surface area contributed by atoms with Crippen LogP contribution in [0.1, 0.15) is 36.1 Å². The number of aryl methyl sites for hydroxylation is 2. The van der Waals surface area contributed by atoms with E-state index >= 15 is 0 Å². The van der Waals surface area contributed by atoms with Gasteiger partial charge in [0.25, 0.3) is 0 Å². The highest BCUT2D eigenvalue weighted by Gasteiger charge is 2.17. The summed E-state index contributed by atoms with van der Waals surface area (Å²) >= 11 is 0. The number of benzene rings is 2. The second kappa shape index (κ2) is 9.77. The van der Waals surface area contributed by atoms with Gasteiger partial charge in [0.2, 0.25) is 0 Å². The lowest BCUT2D eigenvalue weighted by atomic mass is 9.97. The molecule has 1 saturated heterocycles. The van der Waals surface area contributed by atoms with Crippen molar-refractivity contribution in [3.63, 3.8) is 0 Å². The first-order chi connectivity index (χ1) is 13.2. The molecule has 0 aromatic heterocycles. The summed E-state index contributed by atoms with van der Waals surface area (Å²) in [5.41, 5.74) is 5.39. The van der Waals surface area contributed by atoms with Crippen LogP contribution in [0, 0.1) is 0 Å². The van der Waals surface area contributed by atoms with Gasteiger partial charge in [0.05, 0.1) is 13.2 Å². The maximum absolute atomic E-state index is 5.84. The van der Waals surface area contributed by atoms with Gasteiger partial charge in [-0.25, -0.2) is 0 Å². The third-order valence-electron chi connectivity index (χ3n) is 5.45. The normalized spacial score (nSPS) is 15.6. The van der Waals surface area contributed by atoms with E-state index in [1.165, 1.54) is 22.4 Å². The van der Waals surface area contributed by atoms with Gasteiger partial charge in [0.15, 0.2) is 0 Å². The van der Waals surface area contributed by atoms with Crippen LogP contribution in [-0.2, 0) is 17.6 Å². The number of hydrogen-bond donors (Lipinski definition) is 1. The molecule has 0 saturated carbocycles. The van der Waals surface area contributed by atoms with Crippen molar-refractivity contribution in [1.29, 1.82) is 0 Å². The van der Waals surface area contributed by atoms with E-state index in [0.29, 0.717) is 0 Å². The van der Waals surface area contributed by atoms with Crippen LogP contribution in [0.3, 0.4) is 0 Å². The zero-order valence-electron chi connectivity index (χ0n) is 16.8. The Hall–Kier alpha value is -2.04. The zero-order chi connectivity index (χ0) is 19.1. The van der Waals surface area contributed by atoms with Crippen LogP contribution in [0.4, 0.5) is 5.69 Å². The van der Waals surface area contributed by atoms with E-state index in [-0.39, 0.29) is 6.10 Å². The molecule has 1 aliphatic rings. The minimum absolute atomic E-state index is 0.120. The quantitative estimate of drug-likeness (QED) is 0.764. The van der Waals surface area contributed by atoms with Gasteiger partial charge in [-0.1, -0.05) is 31.2 Å². The van der Waals surface area contributed by atoms with Crippen molar-refractivity contribution in [2.45, 2.75) is 32.3 Å². The maximum atomic E-state index is 5.84.